The summed E-state index contributed by atoms with van der Waals surface area (Å²) in [6.45, 7) is 2.21. The van der Waals surface area contributed by atoms with Gasteiger partial charge in [-0.1, -0.05) is 24.3 Å². The second kappa shape index (κ2) is 9.93. The molecule has 1 saturated carbocycles. The molecule has 1 aliphatic heterocycles. The van der Waals surface area contributed by atoms with Crippen LogP contribution in [-0.2, 0) is 36.2 Å². The van der Waals surface area contributed by atoms with Gasteiger partial charge >= 0.3 is 0 Å². The highest BCUT2D eigenvalue weighted by Crippen LogP contribution is 2.35. The Kier molecular flexibility index (Phi) is 7.46. The van der Waals surface area contributed by atoms with Gasteiger partial charge in [-0.15, -0.1) is 0 Å². The number of hydrogen-bond acceptors (Lipinski definition) is 7. The van der Waals surface area contributed by atoms with Crippen LogP contribution in [0.2, 0.25) is 0 Å². The van der Waals surface area contributed by atoms with Gasteiger partial charge in [0.05, 0.1) is 14.7 Å². The zero-order valence-corrected chi connectivity index (χ0v) is 22.4. The van der Waals surface area contributed by atoms with E-state index in [0.29, 0.717) is 49.8 Å². The minimum Gasteiger partial charge on any atom is -0.299 e. The molecule has 1 saturated heterocycles. The summed E-state index contributed by atoms with van der Waals surface area (Å²) >= 11 is 0. The van der Waals surface area contributed by atoms with Gasteiger partial charge in [0.2, 0.25) is 10.0 Å². The van der Waals surface area contributed by atoms with Crippen LogP contribution in [0.3, 0.4) is 0 Å². The quantitative estimate of drug-likeness (QED) is 0.481. The van der Waals surface area contributed by atoms with Crippen molar-refractivity contribution in [2.75, 3.05) is 32.1 Å². The molecule has 0 spiro atoms. The van der Waals surface area contributed by atoms with Crippen molar-refractivity contribution in [2.45, 2.75) is 53.0 Å². The van der Waals surface area contributed by atoms with E-state index >= 15 is 0 Å². The van der Waals surface area contributed by atoms with Gasteiger partial charge in [-0.3, -0.25) is 4.90 Å². The van der Waals surface area contributed by atoms with E-state index in [2.05, 4.69) is 4.90 Å². The highest BCUT2D eigenvalue weighted by atomic mass is 32.2. The van der Waals surface area contributed by atoms with Crippen LogP contribution in [-0.4, -0.2) is 72.6 Å². The highest BCUT2D eigenvalue weighted by molar-refractivity contribution is 7.91. The zero-order chi connectivity index (χ0) is 25.4. The molecule has 1 heterocycles. The van der Waals surface area contributed by atoms with Gasteiger partial charge < -0.3 is 0 Å². The smallest absolute Gasteiger partial charge is 0.243 e. The van der Waals surface area contributed by atoms with Crippen LogP contribution in [0.25, 0.3) is 0 Å². The van der Waals surface area contributed by atoms with E-state index in [0.717, 1.165) is 24.7 Å². The molecule has 4 rings (SSSR count). The van der Waals surface area contributed by atoms with Gasteiger partial charge in [-0.25, -0.2) is 25.3 Å². The molecule has 0 amide bonds. The molecule has 0 radical (unpaired) electrons. The summed E-state index contributed by atoms with van der Waals surface area (Å²) in [5.41, 5.74) is 0.744. The first kappa shape index (κ1) is 26.3. The van der Waals surface area contributed by atoms with E-state index in [1.807, 2.05) is 12.1 Å². The fourth-order valence-corrected chi connectivity index (χ4v) is 8.09. The van der Waals surface area contributed by atoms with E-state index in [-0.39, 0.29) is 15.8 Å². The summed E-state index contributed by atoms with van der Waals surface area (Å²) < 4.78 is 77.2. The second-order valence-corrected chi connectivity index (χ2v) is 15.5. The first-order valence-electron chi connectivity index (χ1n) is 11.7. The number of piperidine rings is 1. The summed E-state index contributed by atoms with van der Waals surface area (Å²) in [5, 5.41) is 0. The molecule has 35 heavy (non-hydrogen) atoms. The summed E-state index contributed by atoms with van der Waals surface area (Å²) in [5.74, 6) is 0.336. The topological polar surface area (TPSA) is 109 Å². The molecular weight excluding hydrogens is 508 g/mol. The van der Waals surface area contributed by atoms with Crippen LogP contribution in [0.15, 0.2) is 63.2 Å². The van der Waals surface area contributed by atoms with Crippen molar-refractivity contribution < 1.29 is 25.3 Å². The predicted molar refractivity (Wildman–Crippen MR) is 134 cm³/mol. The second-order valence-electron chi connectivity index (χ2n) is 9.65. The molecule has 8 nitrogen and oxygen atoms in total. The minimum absolute atomic E-state index is 0.00517. The maximum absolute atomic E-state index is 13.7. The molecule has 11 heteroatoms. The molecular formula is C24H32N2O6S3. The Balaban J connectivity index is 1.52. The van der Waals surface area contributed by atoms with Crippen LogP contribution in [0.1, 0.15) is 31.2 Å². The Morgan fingerprint density at radius 3 is 2.03 bits per heavy atom. The molecule has 0 aromatic heterocycles. The van der Waals surface area contributed by atoms with Gasteiger partial charge in [0.1, 0.15) is 0 Å². The molecule has 2 aliphatic rings. The monoisotopic (exact) mass is 540 g/mol. The van der Waals surface area contributed by atoms with Crippen molar-refractivity contribution in [1.82, 2.24) is 9.21 Å². The number of benzene rings is 2. The molecule has 2 fully saturated rings. The van der Waals surface area contributed by atoms with Crippen LogP contribution < -0.4 is 0 Å². The molecule has 0 unspecified atom stereocenters. The summed E-state index contributed by atoms with van der Waals surface area (Å²) in [6.07, 6.45) is 5.51. The lowest BCUT2D eigenvalue weighted by atomic mass is 10.0. The van der Waals surface area contributed by atoms with E-state index in [1.165, 1.54) is 30.5 Å². The van der Waals surface area contributed by atoms with Crippen LogP contribution in [0.5, 0.6) is 0 Å². The van der Waals surface area contributed by atoms with Crippen molar-refractivity contribution >= 4 is 29.7 Å². The number of sulfonamides is 1. The number of rotatable bonds is 9. The third-order valence-corrected chi connectivity index (χ3v) is 10.9. The van der Waals surface area contributed by atoms with Gasteiger partial charge in [-0.2, -0.15) is 4.31 Å². The molecule has 0 N–H and O–H groups in total. The van der Waals surface area contributed by atoms with Crippen LogP contribution in [0, 0.1) is 5.92 Å². The highest BCUT2D eigenvalue weighted by Gasteiger charge is 2.38. The molecule has 2 aromatic carbocycles. The van der Waals surface area contributed by atoms with Gasteiger partial charge in [0, 0.05) is 44.7 Å². The summed E-state index contributed by atoms with van der Waals surface area (Å²) in [4.78, 5) is 2.48. The molecule has 192 valence electrons. The van der Waals surface area contributed by atoms with Crippen molar-refractivity contribution in [3.8, 4) is 0 Å². The number of likely N-dealkylation sites (tertiary alicyclic amines) is 1. The fraction of sp³-hybridized carbons (Fsp3) is 0.500. The summed E-state index contributed by atoms with van der Waals surface area (Å²) in [6, 6.07) is 12.4. The Hall–Kier alpha value is -1.79. The first-order valence-corrected chi connectivity index (χ1v) is 16.9. The molecule has 1 aliphatic carbocycles. The summed E-state index contributed by atoms with van der Waals surface area (Å²) in [7, 11) is -10.7. The molecule has 0 bridgehead atoms. The van der Waals surface area contributed by atoms with Crippen LogP contribution >= 0.6 is 0 Å². The number of sulfone groups is 2. The predicted octanol–water partition coefficient (Wildman–Crippen LogP) is 2.56. The Bertz CT molecular complexity index is 1390. The molecule has 0 atom stereocenters. The number of hydrogen-bond donors (Lipinski definition) is 0. The Labute approximate surface area is 208 Å². The maximum Gasteiger partial charge on any atom is 0.243 e. The van der Waals surface area contributed by atoms with Gasteiger partial charge in [-0.05, 0) is 61.4 Å². The average Bonchev–Trinajstić information content (AvgIpc) is 3.62. The lowest BCUT2D eigenvalue weighted by molar-refractivity contribution is 0.150. The third kappa shape index (κ3) is 6.32. The van der Waals surface area contributed by atoms with Gasteiger partial charge in [0.15, 0.2) is 19.7 Å². The fourth-order valence-electron chi connectivity index (χ4n) is 4.60. The first-order chi connectivity index (χ1) is 16.4. The van der Waals surface area contributed by atoms with Gasteiger partial charge in [0.25, 0.3) is 0 Å². The molecule has 2 aromatic rings. The van der Waals surface area contributed by atoms with E-state index < -0.39 is 29.7 Å². The van der Waals surface area contributed by atoms with E-state index in [1.54, 1.807) is 16.4 Å². The van der Waals surface area contributed by atoms with E-state index in [4.69, 9.17) is 0 Å². The Morgan fingerprint density at radius 1 is 0.800 bits per heavy atom. The minimum atomic E-state index is -3.87. The Morgan fingerprint density at radius 2 is 1.43 bits per heavy atom. The number of nitrogens with zero attached hydrogens (tertiary/aromatic N) is 2. The SMILES string of the molecule is CS(=O)(=O)c1cccc(S(=O)(=O)N(CC2CC2)C2CCN(Cc3ccccc3S(C)(=O)=O)CC2)c1. The van der Waals surface area contributed by atoms with E-state index in [9.17, 15) is 25.3 Å². The maximum atomic E-state index is 13.7. The lowest BCUT2D eigenvalue weighted by Gasteiger charge is -2.38. The average molecular weight is 541 g/mol. The lowest BCUT2D eigenvalue weighted by Crippen LogP contribution is -2.48. The largest absolute Gasteiger partial charge is 0.299 e. The third-order valence-electron chi connectivity index (χ3n) is 6.71. The van der Waals surface area contributed by atoms with Crippen LogP contribution in [0.4, 0.5) is 0 Å². The normalized spacial score (nSPS) is 18.7. The zero-order valence-electron chi connectivity index (χ0n) is 20.0. The van der Waals surface area contributed by atoms with Crippen molar-refractivity contribution in [1.29, 1.82) is 0 Å². The van der Waals surface area contributed by atoms with Crippen molar-refractivity contribution in [3.63, 3.8) is 0 Å². The standard InChI is InChI=1S/C24H32N2O6S3/c1-33(27,28)22-7-5-8-23(16-22)35(31,32)26(17-19-10-11-19)21-12-14-25(15-13-21)18-20-6-3-4-9-24(20)34(2,29)30/h3-9,16,19,21H,10-15,17-18H2,1-2H3. The van der Waals surface area contributed by atoms with Crippen molar-refractivity contribution in [2.24, 2.45) is 5.92 Å². The van der Waals surface area contributed by atoms with Crippen molar-refractivity contribution in [3.05, 3.63) is 54.1 Å².